The number of hydrogen-bond acceptors (Lipinski definition) is 4. The Balaban J connectivity index is 4.47. The van der Waals surface area contributed by atoms with Gasteiger partial charge in [0.1, 0.15) is 6.61 Å². The second-order valence-corrected chi connectivity index (χ2v) is 5.31. The maximum absolute atomic E-state index is 11.7. The molecule has 1 N–H and O–H groups in total. The van der Waals surface area contributed by atoms with Gasteiger partial charge < -0.3 is 9.84 Å². The minimum Gasteiger partial charge on any atom is -0.461 e. The molecule has 0 heterocycles. The number of carbonyl (C=O) groups is 1. The number of azide groups is 1. The third-order valence-electron chi connectivity index (χ3n) is 2.74. The van der Waals surface area contributed by atoms with Crippen LogP contribution in [-0.2, 0) is 9.53 Å². The minimum atomic E-state index is -0.543. The number of aliphatic hydroxyl groups excluding tert-OH is 1. The van der Waals surface area contributed by atoms with Crippen LogP contribution in [0.2, 0.25) is 0 Å². The number of esters is 1. The minimum absolute atomic E-state index is 0.0618. The Morgan fingerprint density at radius 3 is 2.58 bits per heavy atom. The molecule has 0 aromatic rings. The number of aliphatic hydroxyl groups is 1. The van der Waals surface area contributed by atoms with E-state index in [-0.39, 0.29) is 25.1 Å². The molecule has 0 aliphatic heterocycles. The largest absolute Gasteiger partial charge is 0.461 e. The van der Waals surface area contributed by atoms with Crippen LogP contribution in [0.3, 0.4) is 0 Å². The molecule has 0 aromatic heterocycles. The molecule has 19 heavy (non-hydrogen) atoms. The topological polar surface area (TPSA) is 95.3 Å². The van der Waals surface area contributed by atoms with Crippen molar-refractivity contribution in [2.75, 3.05) is 19.8 Å². The molecule has 6 heteroatoms. The summed E-state index contributed by atoms with van der Waals surface area (Å²) in [5.41, 5.74) is 8.52. The van der Waals surface area contributed by atoms with E-state index in [1.54, 1.807) is 20.8 Å². The first-order valence-electron chi connectivity index (χ1n) is 6.30. The van der Waals surface area contributed by atoms with Crippen LogP contribution in [0.15, 0.2) is 16.8 Å². The van der Waals surface area contributed by atoms with Crippen LogP contribution < -0.4 is 0 Å². The van der Waals surface area contributed by atoms with Gasteiger partial charge in [0.15, 0.2) is 0 Å². The molecule has 0 aliphatic rings. The van der Waals surface area contributed by atoms with Crippen LogP contribution in [0.1, 0.15) is 34.1 Å². The van der Waals surface area contributed by atoms with E-state index in [1.165, 1.54) is 0 Å². The van der Waals surface area contributed by atoms with Gasteiger partial charge in [-0.3, -0.25) is 4.79 Å². The van der Waals surface area contributed by atoms with Gasteiger partial charge in [0.05, 0.1) is 5.41 Å². The SMILES string of the molecule is C/C=C(/COC(=O)C(C)(C)C)[C@@H](CO)CCN=[N+]=[N-]. The molecular formula is C13H23N3O3. The maximum Gasteiger partial charge on any atom is 0.311 e. The number of hydrogen-bond donors (Lipinski definition) is 1. The highest BCUT2D eigenvalue weighted by Crippen LogP contribution is 2.19. The van der Waals surface area contributed by atoms with E-state index in [1.807, 2.05) is 13.0 Å². The van der Waals surface area contributed by atoms with Crippen molar-refractivity contribution < 1.29 is 14.6 Å². The molecule has 0 bridgehead atoms. The van der Waals surface area contributed by atoms with Gasteiger partial charge in [-0.2, -0.15) is 0 Å². The first-order valence-corrected chi connectivity index (χ1v) is 6.30. The molecule has 6 nitrogen and oxygen atoms in total. The Morgan fingerprint density at radius 1 is 1.53 bits per heavy atom. The summed E-state index contributed by atoms with van der Waals surface area (Å²) < 4.78 is 5.23. The van der Waals surface area contributed by atoms with E-state index in [4.69, 9.17) is 10.3 Å². The van der Waals surface area contributed by atoms with Gasteiger partial charge in [0.2, 0.25) is 0 Å². The summed E-state index contributed by atoms with van der Waals surface area (Å²) in [6.45, 7) is 7.60. The zero-order valence-corrected chi connectivity index (χ0v) is 12.1. The second-order valence-electron chi connectivity index (χ2n) is 5.31. The van der Waals surface area contributed by atoms with Crippen molar-refractivity contribution in [3.05, 3.63) is 22.1 Å². The Morgan fingerprint density at radius 2 is 2.16 bits per heavy atom. The molecular weight excluding hydrogens is 246 g/mol. The molecule has 0 amide bonds. The molecule has 0 fully saturated rings. The fourth-order valence-corrected chi connectivity index (χ4v) is 1.45. The number of rotatable bonds is 7. The molecule has 0 spiro atoms. The molecule has 108 valence electrons. The van der Waals surface area contributed by atoms with Crippen molar-refractivity contribution in [3.63, 3.8) is 0 Å². The van der Waals surface area contributed by atoms with E-state index >= 15 is 0 Å². The van der Waals surface area contributed by atoms with E-state index < -0.39 is 5.41 Å². The molecule has 0 saturated heterocycles. The molecule has 0 saturated carbocycles. The van der Waals surface area contributed by atoms with Crippen LogP contribution in [0.5, 0.6) is 0 Å². The fraction of sp³-hybridized carbons (Fsp3) is 0.769. The molecule has 0 rings (SSSR count). The lowest BCUT2D eigenvalue weighted by atomic mass is 9.95. The molecule has 0 aromatic carbocycles. The summed E-state index contributed by atoms with van der Waals surface area (Å²) in [6, 6.07) is 0. The van der Waals surface area contributed by atoms with Crippen molar-refractivity contribution in [1.29, 1.82) is 0 Å². The Hall–Kier alpha value is -1.52. The molecule has 0 aliphatic carbocycles. The summed E-state index contributed by atoms with van der Waals surface area (Å²) in [6.07, 6.45) is 2.36. The van der Waals surface area contributed by atoms with Crippen LogP contribution in [0.4, 0.5) is 0 Å². The van der Waals surface area contributed by atoms with Crippen LogP contribution in [0, 0.1) is 11.3 Å². The predicted molar refractivity (Wildman–Crippen MR) is 73.4 cm³/mol. The first-order chi connectivity index (χ1) is 8.86. The van der Waals surface area contributed by atoms with Crippen LogP contribution in [-0.4, -0.2) is 30.8 Å². The fourth-order valence-electron chi connectivity index (χ4n) is 1.45. The number of carbonyl (C=O) groups excluding carboxylic acids is 1. The highest BCUT2D eigenvalue weighted by molar-refractivity contribution is 5.75. The Kier molecular flexibility index (Phi) is 7.87. The summed E-state index contributed by atoms with van der Waals surface area (Å²) in [7, 11) is 0. The molecule has 0 unspecified atom stereocenters. The van der Waals surface area contributed by atoms with Crippen molar-refractivity contribution >= 4 is 5.97 Å². The van der Waals surface area contributed by atoms with Crippen LogP contribution in [0.25, 0.3) is 10.4 Å². The van der Waals surface area contributed by atoms with Crippen LogP contribution >= 0.6 is 0 Å². The lowest BCUT2D eigenvalue weighted by Crippen LogP contribution is -2.25. The maximum atomic E-state index is 11.7. The van der Waals surface area contributed by atoms with Gasteiger partial charge in [-0.05, 0) is 45.2 Å². The highest BCUT2D eigenvalue weighted by atomic mass is 16.5. The molecule has 1 atom stereocenters. The predicted octanol–water partition coefficient (Wildman–Crippen LogP) is 2.83. The Labute approximate surface area is 114 Å². The quantitative estimate of drug-likeness (QED) is 0.253. The average Bonchev–Trinajstić information content (AvgIpc) is 2.35. The van der Waals surface area contributed by atoms with E-state index in [9.17, 15) is 9.90 Å². The third kappa shape index (κ3) is 6.84. The lowest BCUT2D eigenvalue weighted by molar-refractivity contribution is -0.152. The first kappa shape index (κ1) is 17.5. The molecule has 0 radical (unpaired) electrons. The Bertz CT molecular complexity index is 366. The number of nitrogens with zero attached hydrogens (tertiary/aromatic N) is 3. The van der Waals surface area contributed by atoms with Gasteiger partial charge in [-0.1, -0.05) is 11.2 Å². The van der Waals surface area contributed by atoms with Gasteiger partial charge >= 0.3 is 5.97 Å². The summed E-state index contributed by atoms with van der Waals surface area (Å²) in [5, 5.41) is 12.8. The van der Waals surface area contributed by atoms with E-state index in [2.05, 4.69) is 10.0 Å². The third-order valence-corrected chi connectivity index (χ3v) is 2.74. The summed E-state index contributed by atoms with van der Waals surface area (Å²) in [4.78, 5) is 14.3. The standard InChI is InChI=1S/C13H23N3O3/c1-5-10(9-19-12(18)13(2,3)4)11(8-17)6-7-15-16-14/h5,11,17H,6-9H2,1-4H3/b10-5-/t11-/m1/s1. The average molecular weight is 269 g/mol. The zero-order valence-electron chi connectivity index (χ0n) is 12.1. The van der Waals surface area contributed by atoms with E-state index in [0.717, 1.165) is 5.57 Å². The number of allylic oxidation sites excluding steroid dienone is 1. The highest BCUT2D eigenvalue weighted by Gasteiger charge is 2.24. The lowest BCUT2D eigenvalue weighted by Gasteiger charge is -2.21. The van der Waals surface area contributed by atoms with Gasteiger partial charge in [-0.15, -0.1) is 0 Å². The van der Waals surface area contributed by atoms with Crippen molar-refractivity contribution in [1.82, 2.24) is 0 Å². The smallest absolute Gasteiger partial charge is 0.311 e. The van der Waals surface area contributed by atoms with Gasteiger partial charge in [0, 0.05) is 24.0 Å². The second kappa shape index (κ2) is 8.56. The zero-order chi connectivity index (χ0) is 14.9. The van der Waals surface area contributed by atoms with Gasteiger partial charge in [0.25, 0.3) is 0 Å². The van der Waals surface area contributed by atoms with Gasteiger partial charge in [-0.25, -0.2) is 0 Å². The van der Waals surface area contributed by atoms with Crippen molar-refractivity contribution in [2.24, 2.45) is 16.4 Å². The van der Waals surface area contributed by atoms with Crippen molar-refractivity contribution in [3.8, 4) is 0 Å². The summed E-state index contributed by atoms with van der Waals surface area (Å²) in [5.74, 6) is -0.429. The number of ether oxygens (including phenoxy) is 1. The monoisotopic (exact) mass is 269 g/mol. The van der Waals surface area contributed by atoms with Crippen molar-refractivity contribution in [2.45, 2.75) is 34.1 Å². The summed E-state index contributed by atoms with van der Waals surface area (Å²) >= 11 is 0. The normalized spacial score (nSPS) is 13.6. The van der Waals surface area contributed by atoms with E-state index in [0.29, 0.717) is 13.0 Å².